The Kier molecular flexibility index (Phi) is 7.12. The number of thiophene rings is 2. The van der Waals surface area contributed by atoms with Crippen LogP contribution in [0, 0.1) is 14.7 Å². The third-order valence-corrected chi connectivity index (χ3v) is 6.82. The smallest absolute Gasteiger partial charge is 0.330 e. The average Bonchev–Trinajstić information content (AvgIpc) is 3.18. The molecule has 2 nitrogen and oxygen atoms in total. The van der Waals surface area contributed by atoms with Gasteiger partial charge in [0, 0.05) is 21.9 Å². The molecule has 0 N–H and O–H groups in total. The first-order valence-electron chi connectivity index (χ1n) is 8.56. The van der Waals surface area contributed by atoms with Crippen LogP contribution < -0.4 is 0 Å². The van der Waals surface area contributed by atoms with Gasteiger partial charge in [-0.25, -0.2) is 4.79 Å². The molecular formula is C21H19IO2S2. The average molecular weight is 494 g/mol. The zero-order valence-electron chi connectivity index (χ0n) is 14.3. The van der Waals surface area contributed by atoms with Crippen LogP contribution in [0.5, 0.6) is 0 Å². The molecule has 26 heavy (non-hydrogen) atoms. The van der Waals surface area contributed by atoms with Gasteiger partial charge in [0.05, 0.1) is 14.4 Å². The molecule has 0 atom stereocenters. The van der Waals surface area contributed by atoms with E-state index in [0.29, 0.717) is 6.61 Å². The highest BCUT2D eigenvalue weighted by Gasteiger charge is 2.05. The number of rotatable bonds is 7. The van der Waals surface area contributed by atoms with Crippen LogP contribution in [0.15, 0.2) is 36.9 Å². The number of hydrogen-bond donors (Lipinski definition) is 0. The zero-order chi connectivity index (χ0) is 18.4. The molecule has 0 aliphatic carbocycles. The van der Waals surface area contributed by atoms with Gasteiger partial charge in [0.2, 0.25) is 0 Å². The summed E-state index contributed by atoms with van der Waals surface area (Å²) >= 11 is 5.99. The van der Waals surface area contributed by atoms with Crippen molar-refractivity contribution in [2.45, 2.75) is 32.1 Å². The van der Waals surface area contributed by atoms with Crippen molar-refractivity contribution in [2.75, 3.05) is 6.61 Å². The zero-order valence-corrected chi connectivity index (χ0v) is 18.1. The summed E-state index contributed by atoms with van der Waals surface area (Å²) in [7, 11) is 0. The van der Waals surface area contributed by atoms with Gasteiger partial charge in [-0.15, -0.1) is 22.7 Å². The molecule has 0 radical (unpaired) electrons. The Morgan fingerprint density at radius 3 is 2.62 bits per heavy atom. The minimum absolute atomic E-state index is 0.339. The molecular weight excluding hydrogens is 475 g/mol. The number of carbonyl (C=O) groups is 1. The predicted octanol–water partition coefficient (Wildman–Crippen LogP) is 6.75. The van der Waals surface area contributed by atoms with Crippen molar-refractivity contribution in [2.24, 2.45) is 0 Å². The second-order valence-corrected chi connectivity index (χ2v) is 9.99. The fourth-order valence-corrected chi connectivity index (χ4v) is 5.48. The third-order valence-electron chi connectivity index (χ3n) is 3.94. The van der Waals surface area contributed by atoms with Gasteiger partial charge < -0.3 is 4.74 Å². The molecule has 0 aliphatic rings. The van der Waals surface area contributed by atoms with E-state index in [0.717, 1.165) is 37.0 Å². The van der Waals surface area contributed by atoms with Gasteiger partial charge in [0.15, 0.2) is 0 Å². The first kappa shape index (κ1) is 19.4. The van der Waals surface area contributed by atoms with Crippen LogP contribution >= 0.6 is 45.3 Å². The second kappa shape index (κ2) is 9.54. The summed E-state index contributed by atoms with van der Waals surface area (Å²) in [6.45, 7) is 3.86. The van der Waals surface area contributed by atoms with Crippen molar-refractivity contribution in [3.8, 4) is 11.8 Å². The Hall–Kier alpha value is -1.36. The molecule has 5 heteroatoms. The van der Waals surface area contributed by atoms with Gasteiger partial charge in [0.25, 0.3) is 0 Å². The molecule has 2 heterocycles. The summed E-state index contributed by atoms with van der Waals surface area (Å²) in [6, 6.07) is 8.99. The number of benzene rings is 1. The van der Waals surface area contributed by atoms with Crippen molar-refractivity contribution < 1.29 is 9.53 Å². The van der Waals surface area contributed by atoms with Crippen molar-refractivity contribution in [1.29, 1.82) is 0 Å². The maximum absolute atomic E-state index is 10.9. The van der Waals surface area contributed by atoms with Crippen LogP contribution in [0.1, 0.15) is 37.0 Å². The highest BCUT2D eigenvalue weighted by atomic mass is 127. The van der Waals surface area contributed by atoms with Crippen LogP contribution in [0.3, 0.4) is 0 Å². The van der Waals surface area contributed by atoms with E-state index in [1.54, 1.807) is 11.3 Å². The first-order valence-corrected chi connectivity index (χ1v) is 11.3. The van der Waals surface area contributed by atoms with E-state index < -0.39 is 0 Å². The summed E-state index contributed by atoms with van der Waals surface area (Å²) in [5.41, 5.74) is 0. The number of esters is 1. The number of carbonyl (C=O) groups excluding carboxylic acids is 1. The van der Waals surface area contributed by atoms with Gasteiger partial charge in [-0.1, -0.05) is 31.3 Å². The van der Waals surface area contributed by atoms with E-state index in [1.165, 1.54) is 29.1 Å². The molecule has 3 aromatic rings. The molecule has 0 amide bonds. The van der Waals surface area contributed by atoms with Gasteiger partial charge in [-0.3, -0.25) is 0 Å². The molecule has 0 bridgehead atoms. The van der Waals surface area contributed by atoms with E-state index >= 15 is 0 Å². The molecule has 0 spiro atoms. The Labute approximate surface area is 175 Å². The molecule has 1 aromatic carbocycles. The minimum atomic E-state index is -0.339. The molecule has 0 saturated heterocycles. The number of hydrogen-bond acceptors (Lipinski definition) is 4. The highest BCUT2D eigenvalue weighted by Crippen LogP contribution is 2.34. The Balaban J connectivity index is 1.45. The lowest BCUT2D eigenvalue weighted by molar-refractivity contribution is -0.137. The summed E-state index contributed by atoms with van der Waals surface area (Å²) < 4.78 is 8.93. The fourth-order valence-electron chi connectivity index (χ4n) is 2.65. The van der Waals surface area contributed by atoms with Crippen LogP contribution in [-0.4, -0.2) is 12.6 Å². The van der Waals surface area contributed by atoms with E-state index in [4.69, 9.17) is 4.74 Å². The maximum Gasteiger partial charge on any atom is 0.330 e. The summed E-state index contributed by atoms with van der Waals surface area (Å²) in [5, 5.41) is 2.62. The molecule has 0 aliphatic heterocycles. The van der Waals surface area contributed by atoms with Crippen molar-refractivity contribution in [1.82, 2.24) is 0 Å². The van der Waals surface area contributed by atoms with Crippen LogP contribution in [0.2, 0.25) is 0 Å². The van der Waals surface area contributed by atoms with Crippen LogP contribution in [-0.2, 0) is 9.53 Å². The fraction of sp³-hybridized carbons (Fsp3) is 0.286. The highest BCUT2D eigenvalue weighted by molar-refractivity contribution is 14.1. The summed E-state index contributed by atoms with van der Waals surface area (Å²) in [5.74, 6) is 6.26. The third kappa shape index (κ3) is 5.32. The lowest BCUT2D eigenvalue weighted by atomic mass is 10.1. The first-order chi connectivity index (χ1) is 12.7. The standard InChI is InChI=1S/C21H19IO2S2/c1-2-21(23)24-10-8-6-4-3-5-7-9-17-11-15-12-19-16(13-18(15)25-17)14-20(22)26-19/h2,11-14H,1,3-6,8,10H2. The van der Waals surface area contributed by atoms with Crippen molar-refractivity contribution in [3.05, 3.63) is 44.7 Å². The predicted molar refractivity (Wildman–Crippen MR) is 121 cm³/mol. The quantitative estimate of drug-likeness (QED) is 0.119. The Bertz CT molecular complexity index is 937. The Morgan fingerprint density at radius 1 is 1.08 bits per heavy atom. The van der Waals surface area contributed by atoms with E-state index in [-0.39, 0.29) is 5.97 Å². The SMILES string of the molecule is C=CC(=O)OCCCCCCC#Cc1cc2cc3sc(I)cc3cc2s1. The lowest BCUT2D eigenvalue weighted by Crippen LogP contribution is -2.01. The summed E-state index contributed by atoms with van der Waals surface area (Å²) in [6.07, 6.45) is 6.27. The molecule has 0 fully saturated rings. The van der Waals surface area contributed by atoms with Gasteiger partial charge in [-0.05, 0) is 70.5 Å². The van der Waals surface area contributed by atoms with Crippen LogP contribution in [0.25, 0.3) is 20.2 Å². The molecule has 0 saturated carbocycles. The number of halogens is 1. The van der Waals surface area contributed by atoms with E-state index in [9.17, 15) is 4.79 Å². The van der Waals surface area contributed by atoms with Crippen molar-refractivity contribution >= 4 is 71.4 Å². The number of fused-ring (bicyclic) bond motifs is 2. The van der Waals surface area contributed by atoms with E-state index in [2.05, 4.69) is 65.3 Å². The van der Waals surface area contributed by atoms with Crippen molar-refractivity contribution in [3.63, 3.8) is 0 Å². The largest absolute Gasteiger partial charge is 0.463 e. The summed E-state index contributed by atoms with van der Waals surface area (Å²) in [4.78, 5) is 12.0. The van der Waals surface area contributed by atoms with Gasteiger partial charge in [-0.2, -0.15) is 0 Å². The normalized spacial score (nSPS) is 10.7. The number of unbranched alkanes of at least 4 members (excludes halogenated alkanes) is 4. The molecule has 3 rings (SSSR count). The van der Waals surface area contributed by atoms with Crippen LogP contribution in [0.4, 0.5) is 0 Å². The molecule has 134 valence electrons. The van der Waals surface area contributed by atoms with E-state index in [1.807, 2.05) is 11.3 Å². The lowest BCUT2D eigenvalue weighted by Gasteiger charge is -2.00. The second-order valence-electron chi connectivity index (χ2n) is 5.93. The maximum atomic E-state index is 10.9. The molecule has 0 unspecified atom stereocenters. The van der Waals surface area contributed by atoms with Gasteiger partial charge >= 0.3 is 5.97 Å². The Morgan fingerprint density at radius 2 is 1.81 bits per heavy atom. The number of ether oxygens (including phenoxy) is 1. The monoisotopic (exact) mass is 494 g/mol. The van der Waals surface area contributed by atoms with Gasteiger partial charge in [0.1, 0.15) is 0 Å². The topological polar surface area (TPSA) is 26.3 Å². The minimum Gasteiger partial charge on any atom is -0.463 e. The molecule has 2 aromatic heterocycles.